The molecule has 12 heavy (non-hydrogen) atoms. The Hall–Kier alpha value is 0.390. The molecule has 0 bridgehead atoms. The van der Waals surface area contributed by atoms with Gasteiger partial charge in [-0.05, 0) is 32.1 Å². The Morgan fingerprint density at radius 3 is 1.75 bits per heavy atom. The monoisotopic (exact) mass is 190 g/mol. The topological polar surface area (TPSA) is 9.23 Å². The Morgan fingerprint density at radius 1 is 0.917 bits per heavy atom. The van der Waals surface area contributed by atoms with Gasteiger partial charge in [0, 0.05) is 0 Å². The molecule has 74 valence electrons. The molecule has 2 heteroatoms. The highest BCUT2D eigenvalue weighted by atomic mass is 31.1. The minimum absolute atomic E-state index is 0.361. The number of rotatable bonds is 5. The Balaban J connectivity index is 3.68. The van der Waals surface area contributed by atoms with Gasteiger partial charge in [-0.3, -0.25) is 0 Å². The quantitative estimate of drug-likeness (QED) is 0.604. The van der Waals surface area contributed by atoms with Crippen LogP contribution in [-0.4, -0.2) is 23.5 Å². The predicted molar refractivity (Wildman–Crippen MR) is 58.6 cm³/mol. The Kier molecular flexibility index (Phi) is 6.13. The first-order valence-corrected chi connectivity index (χ1v) is 6.00. The van der Waals surface area contributed by atoms with Crippen LogP contribution in [0, 0.1) is 0 Å². The lowest BCUT2D eigenvalue weighted by molar-refractivity contribution is 0.0198. The normalized spacial score (nSPS) is 18.0. The highest BCUT2D eigenvalue weighted by Gasteiger charge is 2.14. The minimum atomic E-state index is 0.361. The number of hydrogen-bond acceptors (Lipinski definition) is 1. The van der Waals surface area contributed by atoms with Crippen LogP contribution in [0.3, 0.4) is 0 Å². The van der Waals surface area contributed by atoms with E-state index in [0.29, 0.717) is 17.9 Å². The van der Waals surface area contributed by atoms with Crippen molar-refractivity contribution in [3.8, 4) is 0 Å². The molecule has 0 spiro atoms. The molecule has 0 aromatic carbocycles. The van der Waals surface area contributed by atoms with Gasteiger partial charge in [0.2, 0.25) is 0 Å². The van der Waals surface area contributed by atoms with Crippen molar-refractivity contribution < 1.29 is 4.74 Å². The zero-order valence-corrected chi connectivity index (χ0v) is 10.2. The van der Waals surface area contributed by atoms with Crippen LogP contribution in [0.1, 0.15) is 41.5 Å². The highest BCUT2D eigenvalue weighted by Crippen LogP contribution is 2.28. The van der Waals surface area contributed by atoms with Gasteiger partial charge in [0.05, 0.1) is 12.2 Å². The SMILES string of the molecule is CC(C)OC(C)C(C)PC(C)C. The maximum absolute atomic E-state index is 5.72. The molecule has 0 saturated carbocycles. The first-order valence-electron chi connectivity index (χ1n) is 4.85. The van der Waals surface area contributed by atoms with E-state index >= 15 is 0 Å². The van der Waals surface area contributed by atoms with Crippen molar-refractivity contribution in [1.29, 1.82) is 0 Å². The molecule has 0 aromatic rings. The lowest BCUT2D eigenvalue weighted by Gasteiger charge is -2.24. The summed E-state index contributed by atoms with van der Waals surface area (Å²) in [4.78, 5) is 0. The lowest BCUT2D eigenvalue weighted by atomic mass is 10.3. The zero-order valence-electron chi connectivity index (χ0n) is 9.22. The maximum atomic E-state index is 5.72. The van der Waals surface area contributed by atoms with Gasteiger partial charge in [0.15, 0.2) is 0 Å². The van der Waals surface area contributed by atoms with E-state index in [9.17, 15) is 0 Å². The summed E-state index contributed by atoms with van der Waals surface area (Å²) in [6.45, 7) is 13.2. The minimum Gasteiger partial charge on any atom is -0.375 e. The molecule has 0 heterocycles. The van der Waals surface area contributed by atoms with E-state index in [1.807, 2.05) is 0 Å². The standard InChI is InChI=1S/C10H23OP/c1-7(2)11-9(5)10(6)12-8(3)4/h7-10,12H,1-6H3. The third kappa shape index (κ3) is 5.97. The second-order valence-electron chi connectivity index (χ2n) is 4.00. The predicted octanol–water partition coefficient (Wildman–Crippen LogP) is 3.28. The van der Waals surface area contributed by atoms with Crippen molar-refractivity contribution in [1.82, 2.24) is 0 Å². The molecule has 3 unspecified atom stereocenters. The molecule has 0 aromatic heterocycles. The van der Waals surface area contributed by atoms with Crippen LogP contribution in [0.25, 0.3) is 0 Å². The van der Waals surface area contributed by atoms with Gasteiger partial charge in [-0.1, -0.05) is 20.8 Å². The second kappa shape index (κ2) is 5.94. The van der Waals surface area contributed by atoms with Crippen molar-refractivity contribution in [2.75, 3.05) is 0 Å². The van der Waals surface area contributed by atoms with Gasteiger partial charge < -0.3 is 4.74 Å². The summed E-state index contributed by atoms with van der Waals surface area (Å²) in [5.41, 5.74) is 1.51. The molecule has 0 radical (unpaired) electrons. The second-order valence-corrected chi connectivity index (χ2v) is 6.40. The lowest BCUT2D eigenvalue weighted by Crippen LogP contribution is -2.23. The molecule has 0 aliphatic heterocycles. The van der Waals surface area contributed by atoms with Crippen molar-refractivity contribution in [3.05, 3.63) is 0 Å². The fourth-order valence-corrected chi connectivity index (χ4v) is 2.61. The van der Waals surface area contributed by atoms with Crippen LogP contribution in [0.15, 0.2) is 0 Å². The smallest absolute Gasteiger partial charge is 0.0612 e. The number of hydrogen-bond donors (Lipinski definition) is 0. The molecule has 1 nitrogen and oxygen atoms in total. The van der Waals surface area contributed by atoms with Crippen molar-refractivity contribution in [3.63, 3.8) is 0 Å². The summed E-state index contributed by atoms with van der Waals surface area (Å²) in [6, 6.07) is 0. The molecule has 0 amide bonds. The van der Waals surface area contributed by atoms with E-state index in [-0.39, 0.29) is 0 Å². The van der Waals surface area contributed by atoms with Crippen LogP contribution in [0.5, 0.6) is 0 Å². The van der Waals surface area contributed by atoms with Gasteiger partial charge in [-0.15, -0.1) is 8.58 Å². The van der Waals surface area contributed by atoms with Crippen LogP contribution >= 0.6 is 8.58 Å². The van der Waals surface area contributed by atoms with Crippen LogP contribution in [0.2, 0.25) is 0 Å². The summed E-state index contributed by atoms with van der Waals surface area (Å²) in [6.07, 6.45) is 0.769. The average Bonchev–Trinajstić information content (AvgIpc) is 1.84. The fourth-order valence-electron chi connectivity index (χ4n) is 1.21. The van der Waals surface area contributed by atoms with Crippen LogP contribution < -0.4 is 0 Å². The van der Waals surface area contributed by atoms with Gasteiger partial charge in [-0.2, -0.15) is 0 Å². The fraction of sp³-hybridized carbons (Fsp3) is 1.00. The Labute approximate surface area is 79.1 Å². The molecule has 0 N–H and O–H groups in total. The van der Waals surface area contributed by atoms with Crippen molar-refractivity contribution >= 4 is 8.58 Å². The molecule has 0 rings (SSSR count). The first kappa shape index (κ1) is 12.4. The Bertz CT molecular complexity index is 98.4. The molecule has 0 aliphatic carbocycles. The van der Waals surface area contributed by atoms with E-state index in [1.54, 1.807) is 0 Å². The summed E-state index contributed by atoms with van der Waals surface area (Å²) >= 11 is 0. The van der Waals surface area contributed by atoms with Gasteiger partial charge in [-0.25, -0.2) is 0 Å². The Morgan fingerprint density at radius 2 is 1.42 bits per heavy atom. The molecule has 0 aliphatic rings. The molecule has 0 fully saturated rings. The molecular weight excluding hydrogens is 167 g/mol. The van der Waals surface area contributed by atoms with E-state index in [4.69, 9.17) is 4.74 Å². The largest absolute Gasteiger partial charge is 0.375 e. The summed E-state index contributed by atoms with van der Waals surface area (Å²) in [7, 11) is 1.02. The maximum Gasteiger partial charge on any atom is 0.0612 e. The van der Waals surface area contributed by atoms with Gasteiger partial charge in [0.1, 0.15) is 0 Å². The van der Waals surface area contributed by atoms with Crippen molar-refractivity contribution in [2.24, 2.45) is 0 Å². The summed E-state index contributed by atoms with van der Waals surface area (Å²) < 4.78 is 5.72. The first-order chi connectivity index (χ1) is 5.43. The van der Waals surface area contributed by atoms with E-state index in [0.717, 1.165) is 14.2 Å². The average molecular weight is 190 g/mol. The van der Waals surface area contributed by atoms with E-state index < -0.39 is 0 Å². The highest BCUT2D eigenvalue weighted by molar-refractivity contribution is 7.39. The molecule has 3 atom stereocenters. The third-order valence-electron chi connectivity index (χ3n) is 1.79. The number of ether oxygens (including phenoxy) is 1. The third-order valence-corrected chi connectivity index (χ3v) is 3.45. The zero-order chi connectivity index (χ0) is 9.72. The summed E-state index contributed by atoms with van der Waals surface area (Å²) in [5.74, 6) is 0. The molecule has 0 saturated heterocycles. The van der Waals surface area contributed by atoms with Crippen molar-refractivity contribution in [2.45, 2.75) is 65.1 Å². The van der Waals surface area contributed by atoms with Crippen LogP contribution in [-0.2, 0) is 4.74 Å². The van der Waals surface area contributed by atoms with Gasteiger partial charge in [0.25, 0.3) is 0 Å². The van der Waals surface area contributed by atoms with Crippen LogP contribution in [0.4, 0.5) is 0 Å². The van der Waals surface area contributed by atoms with E-state index in [1.165, 1.54) is 0 Å². The van der Waals surface area contributed by atoms with Gasteiger partial charge >= 0.3 is 0 Å². The van der Waals surface area contributed by atoms with E-state index in [2.05, 4.69) is 41.5 Å². The molecular formula is C10H23OP. The summed E-state index contributed by atoms with van der Waals surface area (Å²) in [5, 5.41) is 0.